The average Bonchev–Trinajstić information content (AvgIpc) is 2.79. The number of amides is 2. The van der Waals surface area contributed by atoms with Gasteiger partial charge >= 0.3 is 0 Å². The van der Waals surface area contributed by atoms with Gasteiger partial charge in [-0.3, -0.25) is 14.6 Å². The van der Waals surface area contributed by atoms with Gasteiger partial charge in [0.15, 0.2) is 5.96 Å². The maximum atomic E-state index is 12.6. The first-order valence-electron chi connectivity index (χ1n) is 10.2. The van der Waals surface area contributed by atoms with E-state index in [0.717, 1.165) is 5.56 Å². The second-order valence-corrected chi connectivity index (χ2v) is 8.22. The summed E-state index contributed by atoms with van der Waals surface area (Å²) >= 11 is 1.74. The number of carbonyl (C=O) groups is 2. The Morgan fingerprint density at radius 1 is 1.16 bits per heavy atom. The number of guanidine groups is 1. The Morgan fingerprint density at radius 2 is 1.90 bits per heavy atom. The molecule has 1 fully saturated rings. The molecule has 0 saturated carbocycles. The summed E-state index contributed by atoms with van der Waals surface area (Å²) in [5, 5.41) is 9.39. The zero-order valence-corrected chi connectivity index (χ0v) is 19.0. The number of benzene rings is 2. The number of hydrogen-bond acceptors (Lipinski definition) is 4. The van der Waals surface area contributed by atoms with E-state index in [2.05, 4.69) is 52.3 Å². The molecule has 1 heterocycles. The first kappa shape index (κ1) is 22.7. The van der Waals surface area contributed by atoms with E-state index in [-0.39, 0.29) is 18.4 Å². The van der Waals surface area contributed by atoms with Crippen LogP contribution in [0.15, 0.2) is 52.4 Å². The summed E-state index contributed by atoms with van der Waals surface area (Å²) in [5.41, 5.74) is 4.11. The predicted molar refractivity (Wildman–Crippen MR) is 125 cm³/mol. The quantitative estimate of drug-likeness (QED) is 0.365. The molecule has 8 heteroatoms. The van der Waals surface area contributed by atoms with Gasteiger partial charge in [0.25, 0.3) is 5.91 Å². The minimum atomic E-state index is -0.116. The molecule has 3 N–H and O–H groups in total. The average molecular weight is 440 g/mol. The third kappa shape index (κ3) is 6.24. The number of thioether (sulfide) groups is 1. The highest BCUT2D eigenvalue weighted by Crippen LogP contribution is 2.21. The van der Waals surface area contributed by atoms with Gasteiger partial charge in [-0.25, -0.2) is 0 Å². The Morgan fingerprint density at radius 3 is 2.58 bits per heavy atom. The highest BCUT2D eigenvalue weighted by molar-refractivity contribution is 7.98. The van der Waals surface area contributed by atoms with Gasteiger partial charge in [-0.15, -0.1) is 11.8 Å². The normalized spacial score (nSPS) is 14.2. The van der Waals surface area contributed by atoms with Crippen molar-refractivity contribution in [2.45, 2.75) is 24.9 Å². The van der Waals surface area contributed by atoms with E-state index < -0.39 is 0 Å². The molecular formula is C23H29N5O2S. The van der Waals surface area contributed by atoms with Crippen LogP contribution in [-0.2, 0) is 17.9 Å². The largest absolute Gasteiger partial charge is 0.353 e. The minimum absolute atomic E-state index is 0.114. The summed E-state index contributed by atoms with van der Waals surface area (Å²) in [4.78, 5) is 31.2. The molecule has 1 aliphatic rings. The van der Waals surface area contributed by atoms with Crippen LogP contribution in [0.4, 0.5) is 0 Å². The van der Waals surface area contributed by atoms with Gasteiger partial charge < -0.3 is 20.9 Å². The lowest BCUT2D eigenvalue weighted by molar-refractivity contribution is -0.123. The standard InChI is InChI=1S/C23H29N5O2S/c1-16-4-7-19(20(12-16)31-3)14-27-23(24-2)26-13-17-5-8-18(9-6-17)22(30)28-11-10-25-21(29)15-28/h4-9,12H,10-11,13-15H2,1-3H3,(H,25,29)(H2,24,26,27). The zero-order valence-electron chi connectivity index (χ0n) is 18.2. The molecule has 0 aliphatic carbocycles. The van der Waals surface area contributed by atoms with Crippen molar-refractivity contribution in [3.05, 3.63) is 64.7 Å². The van der Waals surface area contributed by atoms with Crippen molar-refractivity contribution < 1.29 is 9.59 Å². The van der Waals surface area contributed by atoms with Crippen LogP contribution >= 0.6 is 11.8 Å². The molecule has 2 amide bonds. The van der Waals surface area contributed by atoms with Gasteiger partial charge in [-0.05, 0) is 48.1 Å². The lowest BCUT2D eigenvalue weighted by Crippen LogP contribution is -2.49. The maximum Gasteiger partial charge on any atom is 0.254 e. The summed E-state index contributed by atoms with van der Waals surface area (Å²) < 4.78 is 0. The van der Waals surface area contributed by atoms with Gasteiger partial charge in [0.1, 0.15) is 0 Å². The minimum Gasteiger partial charge on any atom is -0.353 e. The van der Waals surface area contributed by atoms with E-state index in [1.807, 2.05) is 12.1 Å². The fourth-order valence-corrected chi connectivity index (χ4v) is 4.05. The Kier molecular flexibility index (Phi) is 7.94. The molecule has 164 valence electrons. The molecule has 2 aromatic carbocycles. The number of aliphatic imine (C=N–C) groups is 1. The van der Waals surface area contributed by atoms with E-state index in [4.69, 9.17) is 0 Å². The van der Waals surface area contributed by atoms with Crippen LogP contribution in [0.3, 0.4) is 0 Å². The van der Waals surface area contributed by atoms with Crippen LogP contribution < -0.4 is 16.0 Å². The molecule has 0 bridgehead atoms. The topological polar surface area (TPSA) is 85.8 Å². The second kappa shape index (κ2) is 10.9. The molecule has 2 aromatic rings. The van der Waals surface area contributed by atoms with E-state index in [9.17, 15) is 9.59 Å². The first-order chi connectivity index (χ1) is 15.0. The molecule has 0 aromatic heterocycles. The number of aryl methyl sites for hydroxylation is 1. The Balaban J connectivity index is 1.53. The number of nitrogens with zero attached hydrogens (tertiary/aromatic N) is 2. The Labute approximate surface area is 187 Å². The van der Waals surface area contributed by atoms with Crippen molar-refractivity contribution in [1.82, 2.24) is 20.9 Å². The molecule has 0 radical (unpaired) electrons. The highest BCUT2D eigenvalue weighted by Gasteiger charge is 2.22. The first-order valence-corrected chi connectivity index (χ1v) is 11.5. The van der Waals surface area contributed by atoms with Crippen molar-refractivity contribution in [2.24, 2.45) is 4.99 Å². The molecule has 0 spiro atoms. The monoisotopic (exact) mass is 439 g/mol. The highest BCUT2D eigenvalue weighted by atomic mass is 32.2. The summed E-state index contributed by atoms with van der Waals surface area (Å²) in [6.07, 6.45) is 2.08. The zero-order chi connectivity index (χ0) is 22.2. The molecule has 3 rings (SSSR count). The summed E-state index contributed by atoms with van der Waals surface area (Å²) in [6.45, 7) is 4.52. The number of piperazine rings is 1. The fraction of sp³-hybridized carbons (Fsp3) is 0.348. The van der Waals surface area contributed by atoms with E-state index in [0.29, 0.717) is 37.7 Å². The number of hydrogen-bond donors (Lipinski definition) is 3. The molecule has 0 atom stereocenters. The van der Waals surface area contributed by atoms with Crippen LogP contribution in [0.2, 0.25) is 0 Å². The van der Waals surface area contributed by atoms with Gasteiger partial charge in [0.2, 0.25) is 5.91 Å². The number of rotatable bonds is 6. The lowest BCUT2D eigenvalue weighted by Gasteiger charge is -2.26. The van der Waals surface area contributed by atoms with Crippen molar-refractivity contribution in [2.75, 3.05) is 32.9 Å². The molecule has 7 nitrogen and oxygen atoms in total. The third-order valence-corrected chi connectivity index (χ3v) is 5.92. The molecule has 0 unspecified atom stereocenters. The van der Waals surface area contributed by atoms with Crippen LogP contribution in [0.5, 0.6) is 0 Å². The Hall–Kier alpha value is -3.00. The van der Waals surface area contributed by atoms with Crippen LogP contribution in [0.1, 0.15) is 27.0 Å². The van der Waals surface area contributed by atoms with Crippen LogP contribution in [-0.4, -0.2) is 55.6 Å². The van der Waals surface area contributed by atoms with Crippen LogP contribution in [0.25, 0.3) is 0 Å². The van der Waals surface area contributed by atoms with Gasteiger partial charge in [0.05, 0.1) is 6.54 Å². The second-order valence-electron chi connectivity index (χ2n) is 7.37. The third-order valence-electron chi connectivity index (χ3n) is 5.10. The molecule has 1 saturated heterocycles. The van der Waals surface area contributed by atoms with Crippen molar-refractivity contribution >= 4 is 29.5 Å². The fourth-order valence-electron chi connectivity index (χ4n) is 3.34. The van der Waals surface area contributed by atoms with Crippen molar-refractivity contribution in [3.63, 3.8) is 0 Å². The van der Waals surface area contributed by atoms with Gasteiger partial charge in [-0.1, -0.05) is 24.3 Å². The molecule has 1 aliphatic heterocycles. The molecule has 31 heavy (non-hydrogen) atoms. The van der Waals surface area contributed by atoms with Gasteiger partial charge in [-0.2, -0.15) is 0 Å². The molecular weight excluding hydrogens is 410 g/mol. The number of carbonyl (C=O) groups excluding carboxylic acids is 2. The van der Waals surface area contributed by atoms with E-state index >= 15 is 0 Å². The Bertz CT molecular complexity index is 959. The summed E-state index contributed by atoms with van der Waals surface area (Å²) in [7, 11) is 1.75. The SMILES string of the molecule is CN=C(NCc1ccc(C(=O)N2CCNC(=O)C2)cc1)NCc1ccc(C)cc1SC. The van der Waals surface area contributed by atoms with Gasteiger partial charge in [0, 0.05) is 43.7 Å². The summed E-state index contributed by atoms with van der Waals surface area (Å²) in [5.74, 6) is 0.483. The number of nitrogens with one attached hydrogen (secondary N) is 3. The predicted octanol–water partition coefficient (Wildman–Crippen LogP) is 2.15. The van der Waals surface area contributed by atoms with E-state index in [1.54, 1.807) is 35.8 Å². The van der Waals surface area contributed by atoms with Crippen molar-refractivity contribution in [3.8, 4) is 0 Å². The van der Waals surface area contributed by atoms with Crippen LogP contribution in [0, 0.1) is 6.92 Å². The van der Waals surface area contributed by atoms with Crippen molar-refractivity contribution in [1.29, 1.82) is 0 Å². The summed E-state index contributed by atoms with van der Waals surface area (Å²) in [6, 6.07) is 13.9. The van der Waals surface area contributed by atoms with E-state index in [1.165, 1.54) is 16.0 Å². The maximum absolute atomic E-state index is 12.6. The smallest absolute Gasteiger partial charge is 0.254 e. The lowest BCUT2D eigenvalue weighted by atomic mass is 10.1.